The molecule has 0 aliphatic heterocycles. The summed E-state index contributed by atoms with van der Waals surface area (Å²) in [7, 11) is 1.94. The van der Waals surface area contributed by atoms with Crippen molar-refractivity contribution in [2.75, 3.05) is 13.7 Å². The quantitative estimate of drug-likeness (QED) is 0.748. The zero-order chi connectivity index (χ0) is 10.4. The van der Waals surface area contributed by atoms with E-state index < -0.39 is 0 Å². The number of aryl methyl sites for hydroxylation is 1. The third kappa shape index (κ3) is 2.56. The topological polar surface area (TPSA) is 32.3 Å². The van der Waals surface area contributed by atoms with Crippen LogP contribution in [0.1, 0.15) is 30.5 Å². The highest BCUT2D eigenvalue weighted by atomic mass is 16.3. The zero-order valence-electron chi connectivity index (χ0n) is 8.96. The molecule has 78 valence electrons. The Hall–Kier alpha value is -0.860. The molecule has 2 N–H and O–H groups in total. The van der Waals surface area contributed by atoms with E-state index in [2.05, 4.69) is 36.5 Å². The Morgan fingerprint density at radius 2 is 2.07 bits per heavy atom. The van der Waals surface area contributed by atoms with Crippen molar-refractivity contribution in [3.8, 4) is 0 Å². The van der Waals surface area contributed by atoms with Gasteiger partial charge in [0.05, 0.1) is 0 Å². The smallest absolute Gasteiger partial charge is 0.0449 e. The minimum atomic E-state index is 0.226. The van der Waals surface area contributed by atoms with E-state index in [4.69, 9.17) is 5.11 Å². The summed E-state index contributed by atoms with van der Waals surface area (Å²) in [6.07, 6.45) is 1.81. The second-order valence-corrected chi connectivity index (χ2v) is 3.41. The largest absolute Gasteiger partial charge is 0.396 e. The summed E-state index contributed by atoms with van der Waals surface area (Å²) in [6.45, 7) is 2.38. The van der Waals surface area contributed by atoms with E-state index in [1.54, 1.807) is 0 Å². The fourth-order valence-electron chi connectivity index (χ4n) is 1.78. The van der Waals surface area contributed by atoms with Gasteiger partial charge < -0.3 is 10.4 Å². The summed E-state index contributed by atoms with van der Waals surface area (Å²) in [6, 6.07) is 8.67. The molecule has 0 radical (unpaired) electrons. The van der Waals surface area contributed by atoms with Crippen LogP contribution >= 0.6 is 0 Å². The van der Waals surface area contributed by atoms with Crippen molar-refractivity contribution in [2.24, 2.45) is 0 Å². The molecule has 0 aliphatic carbocycles. The van der Waals surface area contributed by atoms with E-state index in [1.165, 1.54) is 11.1 Å². The predicted molar refractivity (Wildman–Crippen MR) is 59.3 cm³/mol. The lowest BCUT2D eigenvalue weighted by Crippen LogP contribution is -2.19. The van der Waals surface area contributed by atoms with Crippen LogP contribution in [0.15, 0.2) is 24.3 Å². The Bertz CT molecular complexity index is 273. The Morgan fingerprint density at radius 1 is 1.36 bits per heavy atom. The molecule has 1 unspecified atom stereocenters. The maximum absolute atomic E-state index is 8.95. The molecule has 1 aromatic rings. The van der Waals surface area contributed by atoms with Crippen LogP contribution in [0.4, 0.5) is 0 Å². The first-order valence-electron chi connectivity index (χ1n) is 5.19. The minimum Gasteiger partial charge on any atom is -0.396 e. The number of aliphatic hydroxyl groups excluding tert-OH is 1. The molecule has 0 aliphatic rings. The molecule has 0 fully saturated rings. The third-order valence-electron chi connectivity index (χ3n) is 2.58. The Labute approximate surface area is 86.0 Å². The molecule has 0 saturated heterocycles. The number of nitrogens with one attached hydrogen (secondary N) is 1. The summed E-state index contributed by atoms with van der Waals surface area (Å²) in [5.74, 6) is 0. The molecule has 2 nitrogen and oxygen atoms in total. The third-order valence-corrected chi connectivity index (χ3v) is 2.58. The average Bonchev–Trinajstić information content (AvgIpc) is 2.26. The second kappa shape index (κ2) is 5.78. The van der Waals surface area contributed by atoms with Gasteiger partial charge in [-0.05, 0) is 31.0 Å². The van der Waals surface area contributed by atoms with Crippen molar-refractivity contribution < 1.29 is 5.11 Å². The summed E-state index contributed by atoms with van der Waals surface area (Å²) in [5.41, 5.74) is 2.67. The van der Waals surface area contributed by atoms with Crippen LogP contribution in [-0.2, 0) is 6.42 Å². The van der Waals surface area contributed by atoms with Crippen molar-refractivity contribution in [2.45, 2.75) is 25.8 Å². The summed E-state index contributed by atoms with van der Waals surface area (Å²) < 4.78 is 0. The molecule has 0 spiro atoms. The average molecular weight is 193 g/mol. The second-order valence-electron chi connectivity index (χ2n) is 3.41. The molecular weight excluding hydrogens is 174 g/mol. The van der Waals surface area contributed by atoms with Crippen molar-refractivity contribution in [3.05, 3.63) is 35.4 Å². The molecule has 0 aromatic heterocycles. The molecule has 0 amide bonds. The van der Waals surface area contributed by atoms with Crippen LogP contribution in [0.5, 0.6) is 0 Å². The van der Waals surface area contributed by atoms with Crippen LogP contribution in [0.25, 0.3) is 0 Å². The van der Waals surface area contributed by atoms with Gasteiger partial charge in [0.1, 0.15) is 0 Å². The fourth-order valence-corrected chi connectivity index (χ4v) is 1.78. The van der Waals surface area contributed by atoms with Crippen LogP contribution < -0.4 is 5.32 Å². The minimum absolute atomic E-state index is 0.226. The molecule has 1 atom stereocenters. The highest BCUT2D eigenvalue weighted by molar-refractivity contribution is 5.29. The molecule has 0 bridgehead atoms. The predicted octanol–water partition coefficient (Wildman–Crippen LogP) is 1.89. The first-order valence-corrected chi connectivity index (χ1v) is 5.19. The maximum atomic E-state index is 8.95. The first-order chi connectivity index (χ1) is 6.83. The highest BCUT2D eigenvalue weighted by Crippen LogP contribution is 2.20. The van der Waals surface area contributed by atoms with Gasteiger partial charge in [0.2, 0.25) is 0 Å². The van der Waals surface area contributed by atoms with Crippen LogP contribution in [0.3, 0.4) is 0 Å². The van der Waals surface area contributed by atoms with Gasteiger partial charge in [-0.15, -0.1) is 0 Å². The Morgan fingerprint density at radius 3 is 2.64 bits per heavy atom. The van der Waals surface area contributed by atoms with Crippen LogP contribution in [-0.4, -0.2) is 18.8 Å². The van der Waals surface area contributed by atoms with Gasteiger partial charge in [0.15, 0.2) is 0 Å². The Balaban J connectivity index is 2.90. The summed E-state index contributed by atoms with van der Waals surface area (Å²) >= 11 is 0. The number of benzene rings is 1. The maximum Gasteiger partial charge on any atom is 0.0449 e. The Kier molecular flexibility index (Phi) is 4.63. The van der Waals surface area contributed by atoms with Gasteiger partial charge in [0, 0.05) is 12.6 Å². The van der Waals surface area contributed by atoms with Gasteiger partial charge in [-0.3, -0.25) is 0 Å². The number of rotatable bonds is 5. The molecule has 1 rings (SSSR count). The van der Waals surface area contributed by atoms with E-state index in [1.807, 2.05) is 7.05 Å². The number of hydrogen-bond acceptors (Lipinski definition) is 2. The SMILES string of the molecule is CCc1ccccc1C(CCO)NC. The van der Waals surface area contributed by atoms with Crippen LogP contribution in [0.2, 0.25) is 0 Å². The van der Waals surface area contributed by atoms with Gasteiger partial charge in [0.25, 0.3) is 0 Å². The van der Waals surface area contributed by atoms with Crippen molar-refractivity contribution in [1.29, 1.82) is 0 Å². The number of hydrogen-bond donors (Lipinski definition) is 2. The van der Waals surface area contributed by atoms with E-state index >= 15 is 0 Å². The fraction of sp³-hybridized carbons (Fsp3) is 0.500. The molecule has 0 heterocycles. The van der Waals surface area contributed by atoms with Crippen molar-refractivity contribution in [1.82, 2.24) is 5.32 Å². The molecule has 1 aromatic carbocycles. The lowest BCUT2D eigenvalue weighted by Gasteiger charge is -2.18. The van der Waals surface area contributed by atoms with E-state index in [-0.39, 0.29) is 12.6 Å². The van der Waals surface area contributed by atoms with Gasteiger partial charge in [-0.25, -0.2) is 0 Å². The highest BCUT2D eigenvalue weighted by Gasteiger charge is 2.10. The van der Waals surface area contributed by atoms with Gasteiger partial charge in [-0.1, -0.05) is 31.2 Å². The van der Waals surface area contributed by atoms with E-state index in [9.17, 15) is 0 Å². The lowest BCUT2D eigenvalue weighted by molar-refractivity contribution is 0.268. The molecular formula is C12H19NO. The van der Waals surface area contributed by atoms with Crippen LogP contribution in [0, 0.1) is 0 Å². The lowest BCUT2D eigenvalue weighted by atomic mass is 9.97. The normalized spacial score (nSPS) is 12.8. The summed E-state index contributed by atoms with van der Waals surface area (Å²) in [5, 5.41) is 12.2. The molecule has 14 heavy (non-hydrogen) atoms. The zero-order valence-corrected chi connectivity index (χ0v) is 8.96. The van der Waals surface area contributed by atoms with Gasteiger partial charge in [-0.2, -0.15) is 0 Å². The standard InChI is InChI=1S/C12H19NO/c1-3-10-6-4-5-7-11(10)12(13-2)8-9-14/h4-7,12-14H,3,8-9H2,1-2H3. The van der Waals surface area contributed by atoms with Crippen molar-refractivity contribution in [3.63, 3.8) is 0 Å². The van der Waals surface area contributed by atoms with E-state index in [0.717, 1.165) is 12.8 Å². The van der Waals surface area contributed by atoms with E-state index in [0.29, 0.717) is 0 Å². The summed E-state index contributed by atoms with van der Waals surface area (Å²) in [4.78, 5) is 0. The molecule has 0 saturated carbocycles. The number of aliphatic hydroxyl groups is 1. The van der Waals surface area contributed by atoms with Gasteiger partial charge >= 0.3 is 0 Å². The molecule has 2 heteroatoms. The van der Waals surface area contributed by atoms with Crippen molar-refractivity contribution >= 4 is 0 Å². The first kappa shape index (κ1) is 11.2. The monoisotopic (exact) mass is 193 g/mol.